The number of rotatable bonds is 7. The smallest absolute Gasteiger partial charge is 0.475 e. The van der Waals surface area contributed by atoms with E-state index >= 15 is 0 Å². The molecule has 0 unspecified atom stereocenters. The van der Waals surface area contributed by atoms with Crippen LogP contribution in [0.4, 0.5) is 17.6 Å². The summed E-state index contributed by atoms with van der Waals surface area (Å²) in [7, 11) is 5.76. The number of hydrogen-bond acceptors (Lipinski definition) is 5. The number of carbonyl (C=O) groups is 2. The third-order valence-electron chi connectivity index (χ3n) is 3.91. The molecule has 2 rings (SSSR count). The number of aryl methyl sites for hydroxylation is 1. The van der Waals surface area contributed by atoms with Crippen molar-refractivity contribution in [3.63, 3.8) is 0 Å². The molecule has 1 N–H and O–H groups in total. The van der Waals surface area contributed by atoms with Gasteiger partial charge in [-0.3, -0.25) is 4.79 Å². The highest BCUT2D eigenvalue weighted by Gasteiger charge is 2.38. The van der Waals surface area contributed by atoms with Crippen LogP contribution in [-0.2, 0) is 16.0 Å². The van der Waals surface area contributed by atoms with Gasteiger partial charge in [0.2, 0.25) is 5.91 Å². The highest BCUT2D eigenvalue weighted by molar-refractivity contribution is 5.76. The van der Waals surface area contributed by atoms with Gasteiger partial charge in [0, 0.05) is 37.7 Å². The van der Waals surface area contributed by atoms with E-state index in [1.807, 2.05) is 19.0 Å². The number of benzene rings is 1. The van der Waals surface area contributed by atoms with Crippen molar-refractivity contribution >= 4 is 11.9 Å². The Hall–Kier alpha value is -2.95. The lowest BCUT2D eigenvalue weighted by molar-refractivity contribution is -0.192. The monoisotopic (exact) mass is 433 g/mol. The van der Waals surface area contributed by atoms with Gasteiger partial charge in [0.15, 0.2) is 5.76 Å². The van der Waals surface area contributed by atoms with Crippen LogP contribution in [0.15, 0.2) is 35.0 Å². The van der Waals surface area contributed by atoms with Gasteiger partial charge in [-0.15, -0.1) is 0 Å². The minimum Gasteiger partial charge on any atom is -0.475 e. The van der Waals surface area contributed by atoms with Crippen molar-refractivity contribution in [2.45, 2.75) is 19.0 Å². The number of likely N-dealkylation sites (N-methyl/N-ethyl adjacent to an activating group) is 2. The minimum atomic E-state index is -5.08. The summed E-state index contributed by atoms with van der Waals surface area (Å²) >= 11 is 0. The molecule has 0 saturated heterocycles. The van der Waals surface area contributed by atoms with E-state index in [-0.39, 0.29) is 11.7 Å². The van der Waals surface area contributed by atoms with Gasteiger partial charge in [0.25, 0.3) is 0 Å². The molecule has 0 aliphatic rings. The number of hydrogen-bond donors (Lipinski definition) is 1. The van der Waals surface area contributed by atoms with E-state index in [0.717, 1.165) is 17.7 Å². The molecule has 0 bridgehead atoms. The number of carboxylic acid groups (broad SMARTS) is 1. The van der Waals surface area contributed by atoms with Gasteiger partial charge in [-0.05, 0) is 44.8 Å². The Kier molecular flexibility index (Phi) is 9.44. The third-order valence-corrected chi connectivity index (χ3v) is 3.91. The van der Waals surface area contributed by atoms with Crippen LogP contribution in [0, 0.1) is 5.82 Å². The maximum atomic E-state index is 13.0. The average molecular weight is 433 g/mol. The summed E-state index contributed by atoms with van der Waals surface area (Å²) in [5, 5.41) is 10.9. The second-order valence-corrected chi connectivity index (χ2v) is 6.61. The van der Waals surface area contributed by atoms with E-state index in [9.17, 15) is 22.4 Å². The van der Waals surface area contributed by atoms with Crippen molar-refractivity contribution in [2.75, 3.05) is 34.2 Å². The number of aliphatic carboxylic acids is 1. The molecular formula is C19H23F4N3O4. The Morgan fingerprint density at radius 3 is 2.17 bits per heavy atom. The molecule has 2 aromatic rings. The standard InChI is InChI=1S/C17H22FN3O2.C2HF3O2/c1-20(2)10-11-21(3)16(22)9-6-14-12-19-23-17(14)13-4-7-15(18)8-5-13;3-2(4,5)1(6)7/h4-5,7-8,12H,6,9-11H2,1-3H3;(H,6,7). The molecule has 0 aliphatic carbocycles. The van der Waals surface area contributed by atoms with Crippen LogP contribution in [-0.4, -0.2) is 72.3 Å². The summed E-state index contributed by atoms with van der Waals surface area (Å²) < 4.78 is 50.0. The molecular weight excluding hydrogens is 410 g/mol. The Morgan fingerprint density at radius 2 is 1.67 bits per heavy atom. The van der Waals surface area contributed by atoms with E-state index in [4.69, 9.17) is 14.4 Å². The molecule has 0 fully saturated rings. The molecule has 11 heteroatoms. The van der Waals surface area contributed by atoms with Gasteiger partial charge in [-0.2, -0.15) is 13.2 Å². The number of halogens is 4. The van der Waals surface area contributed by atoms with Crippen LogP contribution in [0.1, 0.15) is 12.0 Å². The van der Waals surface area contributed by atoms with Crippen LogP contribution in [0.5, 0.6) is 0 Å². The predicted molar refractivity (Wildman–Crippen MR) is 100 cm³/mol. The molecule has 7 nitrogen and oxygen atoms in total. The van der Waals surface area contributed by atoms with E-state index in [1.54, 1.807) is 30.3 Å². The largest absolute Gasteiger partial charge is 0.490 e. The van der Waals surface area contributed by atoms with Crippen LogP contribution in [0.25, 0.3) is 11.3 Å². The average Bonchev–Trinajstić information content (AvgIpc) is 3.13. The van der Waals surface area contributed by atoms with Gasteiger partial charge < -0.3 is 19.4 Å². The Morgan fingerprint density at radius 1 is 1.10 bits per heavy atom. The summed E-state index contributed by atoms with van der Waals surface area (Å²) in [5.41, 5.74) is 1.61. The number of carbonyl (C=O) groups excluding carboxylic acids is 1. The van der Waals surface area contributed by atoms with Gasteiger partial charge in [-0.1, -0.05) is 5.16 Å². The van der Waals surface area contributed by atoms with E-state index in [1.165, 1.54) is 12.1 Å². The predicted octanol–water partition coefficient (Wildman–Crippen LogP) is 3.07. The molecule has 30 heavy (non-hydrogen) atoms. The van der Waals surface area contributed by atoms with Gasteiger partial charge >= 0.3 is 12.1 Å². The molecule has 1 heterocycles. The van der Waals surface area contributed by atoms with Crippen LogP contribution < -0.4 is 0 Å². The van der Waals surface area contributed by atoms with Crippen molar-refractivity contribution in [3.05, 3.63) is 41.8 Å². The van der Waals surface area contributed by atoms with Gasteiger partial charge in [-0.25, -0.2) is 9.18 Å². The van der Waals surface area contributed by atoms with Gasteiger partial charge in [0.1, 0.15) is 5.82 Å². The number of aromatic nitrogens is 1. The first kappa shape index (κ1) is 25.1. The zero-order chi connectivity index (χ0) is 22.9. The lowest BCUT2D eigenvalue weighted by Gasteiger charge is -2.19. The van der Waals surface area contributed by atoms with Crippen molar-refractivity contribution in [3.8, 4) is 11.3 Å². The topological polar surface area (TPSA) is 86.9 Å². The minimum absolute atomic E-state index is 0.0816. The van der Waals surface area contributed by atoms with Crippen LogP contribution in [0.2, 0.25) is 0 Å². The molecule has 0 atom stereocenters. The van der Waals surface area contributed by atoms with Crippen LogP contribution >= 0.6 is 0 Å². The maximum Gasteiger partial charge on any atom is 0.490 e. The second kappa shape index (κ2) is 11.3. The molecule has 1 aromatic heterocycles. The summed E-state index contributed by atoms with van der Waals surface area (Å²) in [6.45, 7) is 1.52. The summed E-state index contributed by atoms with van der Waals surface area (Å²) in [6.07, 6.45) is -2.54. The van der Waals surface area contributed by atoms with Crippen molar-refractivity contribution < 1.29 is 36.8 Å². The Labute approximate surface area is 170 Å². The molecule has 0 spiro atoms. The fourth-order valence-corrected chi connectivity index (χ4v) is 2.18. The first-order valence-corrected chi connectivity index (χ1v) is 8.80. The summed E-state index contributed by atoms with van der Waals surface area (Å²) in [6, 6.07) is 6.04. The number of amides is 1. The first-order valence-electron chi connectivity index (χ1n) is 8.80. The molecule has 166 valence electrons. The van der Waals surface area contributed by atoms with Gasteiger partial charge in [0.05, 0.1) is 6.20 Å². The Bertz CT molecular complexity index is 820. The number of nitrogens with zero attached hydrogens (tertiary/aromatic N) is 3. The highest BCUT2D eigenvalue weighted by Crippen LogP contribution is 2.24. The molecule has 0 aliphatic heterocycles. The zero-order valence-electron chi connectivity index (χ0n) is 16.7. The second-order valence-electron chi connectivity index (χ2n) is 6.61. The fourth-order valence-electron chi connectivity index (χ4n) is 2.18. The van der Waals surface area contributed by atoms with E-state index < -0.39 is 12.1 Å². The fraction of sp³-hybridized carbons (Fsp3) is 0.421. The lowest BCUT2D eigenvalue weighted by atomic mass is 10.1. The van der Waals surface area contributed by atoms with Crippen LogP contribution in [0.3, 0.4) is 0 Å². The lowest BCUT2D eigenvalue weighted by Crippen LogP contribution is -2.33. The third kappa shape index (κ3) is 8.60. The first-order chi connectivity index (χ1) is 13.9. The molecule has 1 amide bonds. The summed E-state index contributed by atoms with van der Waals surface area (Å²) in [5.74, 6) is -2.38. The normalized spacial score (nSPS) is 11.1. The van der Waals surface area contributed by atoms with E-state index in [2.05, 4.69) is 5.16 Å². The molecule has 1 aromatic carbocycles. The molecule has 0 radical (unpaired) electrons. The van der Waals surface area contributed by atoms with E-state index in [0.29, 0.717) is 25.1 Å². The quantitative estimate of drug-likeness (QED) is 0.676. The number of carboxylic acids is 1. The zero-order valence-corrected chi connectivity index (χ0v) is 16.7. The van der Waals surface area contributed by atoms with Crippen molar-refractivity contribution in [2.24, 2.45) is 0 Å². The van der Waals surface area contributed by atoms with Crippen molar-refractivity contribution in [1.29, 1.82) is 0 Å². The highest BCUT2D eigenvalue weighted by atomic mass is 19.4. The maximum absolute atomic E-state index is 13.0. The molecule has 0 saturated carbocycles. The SMILES string of the molecule is CN(C)CCN(C)C(=O)CCc1cnoc1-c1ccc(F)cc1.O=C(O)C(F)(F)F. The van der Waals surface area contributed by atoms with Crippen molar-refractivity contribution in [1.82, 2.24) is 15.0 Å². The summed E-state index contributed by atoms with van der Waals surface area (Å²) in [4.78, 5) is 24.8. The number of alkyl halides is 3. The Balaban J connectivity index is 0.000000553.